The van der Waals surface area contributed by atoms with Crippen molar-refractivity contribution in [3.63, 3.8) is 0 Å². The number of nitrogens with zero attached hydrogens (tertiary/aromatic N) is 3. The quantitative estimate of drug-likeness (QED) is 0.757. The van der Waals surface area contributed by atoms with Gasteiger partial charge in [-0.1, -0.05) is 52.0 Å². The van der Waals surface area contributed by atoms with Gasteiger partial charge in [-0.3, -0.25) is 4.90 Å². The van der Waals surface area contributed by atoms with Gasteiger partial charge in [-0.25, -0.2) is 0 Å². The van der Waals surface area contributed by atoms with E-state index >= 15 is 0 Å². The molecule has 0 radical (unpaired) electrons. The molecule has 1 heterocycles. The minimum atomic E-state index is 0.246. The van der Waals surface area contributed by atoms with E-state index in [9.17, 15) is 0 Å². The first-order valence-electron chi connectivity index (χ1n) is 9.45. The van der Waals surface area contributed by atoms with E-state index in [0.29, 0.717) is 12.0 Å². The van der Waals surface area contributed by atoms with Crippen LogP contribution in [0, 0.1) is 22.2 Å². The van der Waals surface area contributed by atoms with Gasteiger partial charge < -0.3 is 4.90 Å². The first-order valence-corrected chi connectivity index (χ1v) is 9.45. The lowest BCUT2D eigenvalue weighted by Crippen LogP contribution is -2.46. The summed E-state index contributed by atoms with van der Waals surface area (Å²) in [4.78, 5) is 4.74. The summed E-state index contributed by atoms with van der Waals surface area (Å²) in [6.45, 7) is 14.0. The van der Waals surface area contributed by atoms with Gasteiger partial charge in [0.15, 0.2) is 0 Å². The highest BCUT2D eigenvalue weighted by atomic mass is 15.3. The number of nitriles is 1. The van der Waals surface area contributed by atoms with Crippen LogP contribution in [0.4, 0.5) is 5.69 Å². The maximum absolute atomic E-state index is 8.90. The van der Waals surface area contributed by atoms with Crippen molar-refractivity contribution >= 4 is 11.3 Å². The van der Waals surface area contributed by atoms with E-state index in [1.807, 2.05) is 0 Å². The molecule has 0 unspecified atom stereocenters. The highest BCUT2D eigenvalue weighted by Gasteiger charge is 2.34. The van der Waals surface area contributed by atoms with Gasteiger partial charge in [0.2, 0.25) is 0 Å². The molecule has 1 saturated heterocycles. The number of anilines is 1. The predicted molar refractivity (Wildman–Crippen MR) is 105 cm³/mol. The Bertz CT molecular complexity index is 685. The molecule has 1 aromatic carbocycles. The summed E-state index contributed by atoms with van der Waals surface area (Å²) in [5, 5.41) is 8.90. The molecular weight excluding hydrogens is 306 g/mol. The molecule has 1 aliphatic heterocycles. The molecule has 0 amide bonds. The molecule has 25 heavy (non-hydrogen) atoms. The van der Waals surface area contributed by atoms with E-state index in [2.05, 4.69) is 73.9 Å². The van der Waals surface area contributed by atoms with Gasteiger partial charge in [0, 0.05) is 37.4 Å². The highest BCUT2D eigenvalue weighted by Crippen LogP contribution is 2.48. The molecule has 1 aromatic rings. The van der Waals surface area contributed by atoms with Crippen molar-refractivity contribution < 1.29 is 0 Å². The first kappa shape index (κ1) is 18.0. The molecule has 3 rings (SSSR count). The van der Waals surface area contributed by atoms with Crippen molar-refractivity contribution in [1.29, 1.82) is 5.26 Å². The summed E-state index contributed by atoms with van der Waals surface area (Å²) in [7, 11) is 0. The smallest absolute Gasteiger partial charge is 0.0867 e. The molecule has 2 aliphatic rings. The van der Waals surface area contributed by atoms with Gasteiger partial charge >= 0.3 is 0 Å². The second-order valence-corrected chi connectivity index (χ2v) is 9.11. The number of para-hydroxylation sites is 1. The minimum absolute atomic E-state index is 0.246. The average Bonchev–Trinajstić information content (AvgIpc) is 2.53. The number of benzene rings is 1. The Balaban J connectivity index is 1.87. The highest BCUT2D eigenvalue weighted by molar-refractivity contribution is 5.78. The number of piperazine rings is 1. The van der Waals surface area contributed by atoms with Gasteiger partial charge in [0.25, 0.3) is 0 Å². The lowest BCUT2D eigenvalue weighted by molar-refractivity contribution is 0.229. The maximum Gasteiger partial charge on any atom is 0.0867 e. The van der Waals surface area contributed by atoms with Crippen LogP contribution < -0.4 is 4.90 Å². The number of hydrogen-bond acceptors (Lipinski definition) is 3. The molecule has 3 heteroatoms. The largest absolute Gasteiger partial charge is 0.368 e. The standard InChI is InChI=1S/C22H31N3/c1-21(2)15-18(16-22(3,4)17-21)19-7-5-6-8-20(19)25-13-11-24(10-9-23)12-14-25/h5-8,15H,10-14,16-17H2,1-4H3. The molecule has 3 nitrogen and oxygen atoms in total. The van der Waals surface area contributed by atoms with Crippen LogP contribution in [0.3, 0.4) is 0 Å². The van der Waals surface area contributed by atoms with Crippen molar-refractivity contribution in [2.75, 3.05) is 37.6 Å². The fourth-order valence-corrected chi connectivity index (χ4v) is 4.83. The van der Waals surface area contributed by atoms with E-state index in [1.165, 1.54) is 23.2 Å². The second-order valence-electron chi connectivity index (χ2n) is 9.11. The van der Waals surface area contributed by atoms with Crippen LogP contribution >= 0.6 is 0 Å². The third kappa shape index (κ3) is 4.25. The SMILES string of the molecule is CC1(C)C=C(c2ccccc2N2CCN(CC#N)CC2)CC(C)(C)C1. The molecule has 0 bridgehead atoms. The Morgan fingerprint density at radius 2 is 1.72 bits per heavy atom. The van der Waals surface area contributed by atoms with Gasteiger partial charge in [-0.05, 0) is 35.3 Å². The predicted octanol–water partition coefficient (Wildman–Crippen LogP) is 4.56. The molecular formula is C22H31N3. The molecule has 0 aromatic heterocycles. The zero-order chi connectivity index (χ0) is 18.1. The Hall–Kier alpha value is -1.79. The number of hydrogen-bond donors (Lipinski definition) is 0. The van der Waals surface area contributed by atoms with E-state index in [4.69, 9.17) is 5.26 Å². The van der Waals surface area contributed by atoms with Crippen LogP contribution in [0.2, 0.25) is 0 Å². The van der Waals surface area contributed by atoms with E-state index in [-0.39, 0.29) is 5.41 Å². The topological polar surface area (TPSA) is 30.3 Å². The van der Waals surface area contributed by atoms with E-state index in [0.717, 1.165) is 32.6 Å². The Morgan fingerprint density at radius 1 is 1.04 bits per heavy atom. The molecule has 0 atom stereocenters. The number of allylic oxidation sites excluding steroid dienone is 2. The van der Waals surface area contributed by atoms with Crippen molar-refractivity contribution in [3.8, 4) is 6.07 Å². The van der Waals surface area contributed by atoms with Crippen LogP contribution in [0.5, 0.6) is 0 Å². The lowest BCUT2D eigenvalue weighted by atomic mass is 9.65. The molecule has 0 saturated carbocycles. The summed E-state index contributed by atoms with van der Waals surface area (Å²) in [5.41, 5.74) is 4.84. The third-order valence-corrected chi connectivity index (χ3v) is 5.43. The minimum Gasteiger partial charge on any atom is -0.368 e. The molecule has 1 aliphatic carbocycles. The monoisotopic (exact) mass is 337 g/mol. The molecule has 1 fully saturated rings. The van der Waals surface area contributed by atoms with E-state index < -0.39 is 0 Å². The zero-order valence-electron chi connectivity index (χ0n) is 16.2. The van der Waals surface area contributed by atoms with Crippen LogP contribution in [0.25, 0.3) is 5.57 Å². The van der Waals surface area contributed by atoms with Crippen LogP contribution in [-0.4, -0.2) is 37.6 Å². The summed E-state index contributed by atoms with van der Waals surface area (Å²) in [6, 6.07) is 11.2. The van der Waals surface area contributed by atoms with Gasteiger partial charge in [0.1, 0.15) is 0 Å². The summed E-state index contributed by atoms with van der Waals surface area (Å²) >= 11 is 0. The molecule has 0 N–H and O–H groups in total. The fraction of sp³-hybridized carbons (Fsp3) is 0.591. The Labute approximate surface area is 152 Å². The fourth-order valence-electron chi connectivity index (χ4n) is 4.83. The maximum atomic E-state index is 8.90. The van der Waals surface area contributed by atoms with Crippen LogP contribution in [0.15, 0.2) is 30.3 Å². The molecule has 0 spiro atoms. The van der Waals surface area contributed by atoms with Crippen LogP contribution in [0.1, 0.15) is 46.1 Å². The Morgan fingerprint density at radius 3 is 2.36 bits per heavy atom. The van der Waals surface area contributed by atoms with Gasteiger partial charge in [-0.2, -0.15) is 5.26 Å². The van der Waals surface area contributed by atoms with Gasteiger partial charge in [0.05, 0.1) is 12.6 Å². The van der Waals surface area contributed by atoms with Crippen molar-refractivity contribution in [3.05, 3.63) is 35.9 Å². The van der Waals surface area contributed by atoms with E-state index in [1.54, 1.807) is 0 Å². The second kappa shape index (κ2) is 6.84. The summed E-state index contributed by atoms with van der Waals surface area (Å²) in [6.07, 6.45) is 4.88. The van der Waals surface area contributed by atoms with Crippen molar-refractivity contribution in [2.24, 2.45) is 10.8 Å². The first-order chi connectivity index (χ1) is 11.8. The summed E-state index contributed by atoms with van der Waals surface area (Å²) in [5.74, 6) is 0. The third-order valence-electron chi connectivity index (χ3n) is 5.43. The Kier molecular flexibility index (Phi) is 4.93. The van der Waals surface area contributed by atoms with Crippen molar-refractivity contribution in [1.82, 2.24) is 4.90 Å². The average molecular weight is 338 g/mol. The number of rotatable bonds is 3. The lowest BCUT2D eigenvalue weighted by Gasteiger charge is -2.41. The summed E-state index contributed by atoms with van der Waals surface area (Å²) < 4.78 is 0. The van der Waals surface area contributed by atoms with Crippen LogP contribution in [-0.2, 0) is 0 Å². The normalized spacial score (nSPS) is 23.0. The molecule has 134 valence electrons. The van der Waals surface area contributed by atoms with Crippen molar-refractivity contribution in [2.45, 2.75) is 40.5 Å². The van der Waals surface area contributed by atoms with Gasteiger partial charge in [-0.15, -0.1) is 0 Å². The zero-order valence-corrected chi connectivity index (χ0v) is 16.2.